The van der Waals surface area contributed by atoms with Crippen LogP contribution in [0.1, 0.15) is 108 Å². The molecule has 6 heteroatoms. The van der Waals surface area contributed by atoms with E-state index in [1.807, 2.05) is 108 Å². The predicted octanol–water partition coefficient (Wildman–Crippen LogP) is 9.09. The van der Waals surface area contributed by atoms with Crippen LogP contribution in [-0.4, -0.2) is 51.0 Å². The van der Waals surface area contributed by atoms with E-state index in [1.54, 1.807) is 6.92 Å². The number of rotatable bonds is 12. The summed E-state index contributed by atoms with van der Waals surface area (Å²) in [7, 11) is 0. The minimum Gasteiger partial charge on any atom is -0.462 e. The van der Waals surface area contributed by atoms with Crippen molar-refractivity contribution in [3.8, 4) is 0 Å². The van der Waals surface area contributed by atoms with Crippen molar-refractivity contribution in [3.05, 3.63) is 107 Å². The van der Waals surface area contributed by atoms with Crippen LogP contribution in [0.5, 0.6) is 0 Å². The number of ether oxygens (including phenoxy) is 2. The van der Waals surface area contributed by atoms with Gasteiger partial charge in [0.15, 0.2) is 5.78 Å². The number of aliphatic hydroxyl groups excluding tert-OH is 1. The van der Waals surface area contributed by atoms with Crippen molar-refractivity contribution in [2.45, 2.75) is 137 Å². The van der Waals surface area contributed by atoms with Gasteiger partial charge < -0.3 is 19.7 Å². The summed E-state index contributed by atoms with van der Waals surface area (Å²) in [4.78, 5) is 24.5. The van der Waals surface area contributed by atoms with Gasteiger partial charge in [0, 0.05) is 26.2 Å². The van der Waals surface area contributed by atoms with Gasteiger partial charge in [0.05, 0.1) is 17.3 Å². The van der Waals surface area contributed by atoms with E-state index in [9.17, 15) is 19.8 Å². The number of esters is 1. The zero-order valence-electron chi connectivity index (χ0n) is 31.7. The molecule has 0 unspecified atom stereocenters. The molecule has 0 amide bonds. The number of carbonyl (C=O) groups excluding carboxylic acids is 2. The third-order valence-electron chi connectivity index (χ3n) is 10.4. The maximum Gasteiger partial charge on any atom is 0.302 e. The van der Waals surface area contributed by atoms with Gasteiger partial charge in [-0.15, -0.1) is 0 Å². The molecule has 3 fully saturated rings. The first-order valence-corrected chi connectivity index (χ1v) is 17.6. The Kier molecular flexibility index (Phi) is 12.9. The Labute approximate surface area is 295 Å². The second kappa shape index (κ2) is 15.7. The number of fused-ring (bicyclic) bond motifs is 1. The summed E-state index contributed by atoms with van der Waals surface area (Å²) in [5, 5.41) is 21.4. The van der Waals surface area contributed by atoms with Crippen LogP contribution in [-0.2, 0) is 19.1 Å². The number of hydrogen-bond acceptors (Lipinski definition) is 6. The summed E-state index contributed by atoms with van der Waals surface area (Å²) >= 11 is 0. The number of hydrogen-bond donors (Lipinski definition) is 2. The number of aliphatic hydroxyl groups is 2. The van der Waals surface area contributed by atoms with E-state index < -0.39 is 16.8 Å². The van der Waals surface area contributed by atoms with Gasteiger partial charge in [0.25, 0.3) is 0 Å². The molecule has 0 radical (unpaired) electrons. The van der Waals surface area contributed by atoms with E-state index in [4.69, 9.17) is 9.47 Å². The molecule has 1 saturated heterocycles. The largest absolute Gasteiger partial charge is 0.462 e. The normalized spacial score (nSPS) is 33.2. The van der Waals surface area contributed by atoms with E-state index in [-0.39, 0.29) is 34.8 Å². The lowest BCUT2D eigenvalue weighted by molar-refractivity contribution is -0.152. The number of epoxide rings is 1. The van der Waals surface area contributed by atoms with Crippen LogP contribution in [0.2, 0.25) is 0 Å². The zero-order chi connectivity index (χ0) is 36.8. The molecule has 3 rings (SSSR count). The quantitative estimate of drug-likeness (QED) is 0.0930. The fourth-order valence-corrected chi connectivity index (χ4v) is 7.95. The molecular formula is C43H60O6. The molecule has 0 bridgehead atoms. The number of Topliss-reactive ketones (excluding diaryl/α,β-unsaturated/α-hetero) is 1. The number of carbonyl (C=O) groups is 2. The Morgan fingerprint density at radius 2 is 1.29 bits per heavy atom. The second-order valence-corrected chi connectivity index (χ2v) is 16.1. The van der Waals surface area contributed by atoms with Crippen molar-refractivity contribution in [1.29, 1.82) is 0 Å². The standard InChI is InChI=1S/C43H60O6/c1-30(19-14-20-32(3)22-16-24-38-39(6,7)27-36(48-34(5)44)28-41(38,10)47)17-12-13-18-31(2)21-15-23-33(4)37(46)29-43-40(8,9)25-35(45)26-42(43,11)49-43/h12-24,35-36,45,47H,25-29H2,1-11H3/b13-12+,19-14+,21-15+,22-16?,30-17+,31-18+,32-20+,33-23+,38-24?/t35-,36-,41+,42+,43-/m0/s1. The summed E-state index contributed by atoms with van der Waals surface area (Å²) in [6.45, 7) is 21.5. The van der Waals surface area contributed by atoms with Crippen LogP contribution in [0, 0.1) is 10.8 Å². The van der Waals surface area contributed by atoms with Crippen molar-refractivity contribution < 1.29 is 29.3 Å². The molecule has 2 N–H and O–H groups in total. The Bertz CT molecular complexity index is 1510. The van der Waals surface area contributed by atoms with E-state index in [2.05, 4.69) is 33.8 Å². The molecule has 0 aromatic carbocycles. The molecule has 1 aliphatic heterocycles. The smallest absolute Gasteiger partial charge is 0.302 e. The van der Waals surface area contributed by atoms with Crippen molar-refractivity contribution in [1.82, 2.24) is 0 Å². The second-order valence-electron chi connectivity index (χ2n) is 16.1. The van der Waals surface area contributed by atoms with Gasteiger partial charge in [-0.2, -0.15) is 0 Å². The molecular weight excluding hydrogens is 612 g/mol. The maximum absolute atomic E-state index is 13.1. The van der Waals surface area contributed by atoms with Crippen molar-refractivity contribution in [2.24, 2.45) is 10.8 Å². The topological polar surface area (TPSA) is 96.4 Å². The highest BCUT2D eigenvalue weighted by Gasteiger charge is 2.76. The van der Waals surface area contributed by atoms with Gasteiger partial charge in [-0.1, -0.05) is 123 Å². The first kappa shape index (κ1) is 40.1. The molecule has 2 saturated carbocycles. The Balaban J connectivity index is 1.50. The van der Waals surface area contributed by atoms with Crippen LogP contribution in [0.15, 0.2) is 107 Å². The molecule has 0 spiro atoms. The summed E-state index contributed by atoms with van der Waals surface area (Å²) in [5.41, 5.74) is 2.35. The Hall–Kier alpha value is -3.32. The van der Waals surface area contributed by atoms with E-state index in [0.717, 1.165) is 22.3 Å². The monoisotopic (exact) mass is 672 g/mol. The average molecular weight is 673 g/mol. The van der Waals surface area contributed by atoms with Gasteiger partial charge in [0.1, 0.15) is 11.7 Å². The number of allylic oxidation sites excluding steroid dienone is 17. The molecule has 49 heavy (non-hydrogen) atoms. The average Bonchev–Trinajstić information content (AvgIpc) is 3.56. The van der Waals surface area contributed by atoms with Gasteiger partial charge in [0.2, 0.25) is 0 Å². The van der Waals surface area contributed by atoms with Crippen molar-refractivity contribution in [3.63, 3.8) is 0 Å². The van der Waals surface area contributed by atoms with Crippen molar-refractivity contribution in [2.75, 3.05) is 0 Å². The lowest BCUT2D eigenvalue weighted by Crippen LogP contribution is -2.48. The van der Waals surface area contributed by atoms with Gasteiger partial charge in [-0.25, -0.2) is 0 Å². The van der Waals surface area contributed by atoms with Gasteiger partial charge in [-0.3, -0.25) is 9.59 Å². The van der Waals surface area contributed by atoms with Crippen LogP contribution < -0.4 is 0 Å². The van der Waals surface area contributed by atoms with Crippen LogP contribution in [0.25, 0.3) is 0 Å². The van der Waals surface area contributed by atoms with Crippen molar-refractivity contribution >= 4 is 11.8 Å². The molecule has 3 aliphatic rings. The first-order chi connectivity index (χ1) is 22.6. The fourth-order valence-electron chi connectivity index (χ4n) is 7.95. The van der Waals surface area contributed by atoms with Gasteiger partial charge in [-0.05, 0) is 76.4 Å². The molecule has 268 valence electrons. The maximum atomic E-state index is 13.1. The third kappa shape index (κ3) is 10.3. The third-order valence-corrected chi connectivity index (χ3v) is 10.4. The zero-order valence-corrected chi connectivity index (χ0v) is 31.7. The highest BCUT2D eigenvalue weighted by molar-refractivity contribution is 5.96. The Morgan fingerprint density at radius 3 is 1.82 bits per heavy atom. The fraction of sp³-hybridized carbons (Fsp3) is 0.535. The highest BCUT2D eigenvalue weighted by Crippen LogP contribution is 2.67. The van der Waals surface area contributed by atoms with E-state index >= 15 is 0 Å². The van der Waals surface area contributed by atoms with E-state index in [1.165, 1.54) is 6.92 Å². The molecule has 1 heterocycles. The molecule has 6 nitrogen and oxygen atoms in total. The SMILES string of the molecule is CC(=O)O[C@H]1CC(C)(C)C(=CC=C/C(C)=C/C=C/C(C)=C/C=C/C=C(C)/C=C/C=C(\C)C(=O)C[C@@]23O[C@]2(C)C[C@@H](O)CC3(C)C)[C@](C)(O)C1. The number of ketones is 1. The Morgan fingerprint density at radius 1 is 0.755 bits per heavy atom. The van der Waals surface area contributed by atoms with Crippen LogP contribution in [0.3, 0.4) is 0 Å². The van der Waals surface area contributed by atoms with Crippen LogP contribution in [0.4, 0.5) is 0 Å². The van der Waals surface area contributed by atoms with E-state index in [0.29, 0.717) is 37.7 Å². The summed E-state index contributed by atoms with van der Waals surface area (Å²) in [6, 6.07) is 0. The molecule has 5 atom stereocenters. The molecule has 2 aliphatic carbocycles. The van der Waals surface area contributed by atoms with Crippen LogP contribution >= 0.6 is 0 Å². The highest BCUT2D eigenvalue weighted by atomic mass is 16.6. The summed E-state index contributed by atoms with van der Waals surface area (Å²) < 4.78 is 11.6. The summed E-state index contributed by atoms with van der Waals surface area (Å²) in [5.74, 6) is -0.231. The lowest BCUT2D eigenvalue weighted by Gasteiger charge is -2.45. The van der Waals surface area contributed by atoms with Gasteiger partial charge >= 0.3 is 5.97 Å². The summed E-state index contributed by atoms with van der Waals surface area (Å²) in [6.07, 6.45) is 27.9. The molecule has 0 aromatic rings. The predicted molar refractivity (Wildman–Crippen MR) is 200 cm³/mol. The minimum atomic E-state index is -1.05. The minimum absolute atomic E-state index is 0.0843. The lowest BCUT2D eigenvalue weighted by atomic mass is 9.61. The molecule has 0 aromatic heterocycles. The first-order valence-electron chi connectivity index (χ1n) is 17.6.